The number of para-hydroxylation sites is 2. The summed E-state index contributed by atoms with van der Waals surface area (Å²) in [5.74, 6) is -0.718. The highest BCUT2D eigenvalue weighted by Gasteiger charge is 2.25. The molecule has 1 N–H and O–H groups in total. The SMILES string of the molecule is O=Cc1ccnn1-c1c(F)cccc1N(C(=O)O)c1cnc2ccccc2c1. The van der Waals surface area contributed by atoms with Crippen molar-refractivity contribution in [2.24, 2.45) is 0 Å². The van der Waals surface area contributed by atoms with Crippen molar-refractivity contribution in [1.29, 1.82) is 0 Å². The topological polar surface area (TPSA) is 88.3 Å². The first kappa shape index (κ1) is 17.3. The van der Waals surface area contributed by atoms with Crippen LogP contribution in [-0.4, -0.2) is 32.3 Å². The van der Waals surface area contributed by atoms with E-state index in [0.29, 0.717) is 11.8 Å². The van der Waals surface area contributed by atoms with E-state index in [9.17, 15) is 19.1 Å². The molecule has 7 nitrogen and oxygen atoms in total. The van der Waals surface area contributed by atoms with Crippen molar-refractivity contribution in [2.45, 2.75) is 0 Å². The summed E-state index contributed by atoms with van der Waals surface area (Å²) >= 11 is 0. The molecule has 138 valence electrons. The van der Waals surface area contributed by atoms with Crippen molar-refractivity contribution in [3.63, 3.8) is 0 Å². The maximum Gasteiger partial charge on any atom is 0.416 e. The highest BCUT2D eigenvalue weighted by atomic mass is 19.1. The number of aromatic nitrogens is 3. The molecule has 0 radical (unpaired) electrons. The van der Waals surface area contributed by atoms with Gasteiger partial charge < -0.3 is 5.11 Å². The van der Waals surface area contributed by atoms with Gasteiger partial charge in [0.15, 0.2) is 12.1 Å². The van der Waals surface area contributed by atoms with Gasteiger partial charge in [0.05, 0.1) is 29.3 Å². The van der Waals surface area contributed by atoms with Gasteiger partial charge in [0, 0.05) is 5.39 Å². The summed E-state index contributed by atoms with van der Waals surface area (Å²) in [6, 6.07) is 14.3. The lowest BCUT2D eigenvalue weighted by atomic mass is 10.1. The number of hydrogen-bond acceptors (Lipinski definition) is 4. The summed E-state index contributed by atoms with van der Waals surface area (Å²) in [6.45, 7) is 0. The lowest BCUT2D eigenvalue weighted by Crippen LogP contribution is -2.26. The molecule has 4 rings (SSSR count). The lowest BCUT2D eigenvalue weighted by molar-refractivity contribution is 0.111. The summed E-state index contributed by atoms with van der Waals surface area (Å²) in [4.78, 5) is 28.6. The van der Waals surface area contributed by atoms with Gasteiger partial charge in [-0.05, 0) is 30.3 Å². The molecule has 28 heavy (non-hydrogen) atoms. The molecule has 0 unspecified atom stereocenters. The molecule has 0 bridgehead atoms. The van der Waals surface area contributed by atoms with E-state index in [1.54, 1.807) is 18.2 Å². The molecule has 0 fully saturated rings. The molecule has 2 heterocycles. The van der Waals surface area contributed by atoms with Gasteiger partial charge in [-0.25, -0.2) is 18.8 Å². The van der Waals surface area contributed by atoms with Crippen LogP contribution in [0.1, 0.15) is 10.5 Å². The summed E-state index contributed by atoms with van der Waals surface area (Å²) in [6.07, 6.45) is 1.92. The third kappa shape index (κ3) is 2.86. The van der Waals surface area contributed by atoms with Gasteiger partial charge in [0.2, 0.25) is 0 Å². The lowest BCUT2D eigenvalue weighted by Gasteiger charge is -2.23. The van der Waals surface area contributed by atoms with Crippen molar-refractivity contribution in [2.75, 3.05) is 4.90 Å². The third-order valence-corrected chi connectivity index (χ3v) is 4.24. The molecule has 0 saturated carbocycles. The number of pyridine rings is 1. The zero-order valence-electron chi connectivity index (χ0n) is 14.4. The highest BCUT2D eigenvalue weighted by molar-refractivity contribution is 5.99. The van der Waals surface area contributed by atoms with Gasteiger partial charge in [-0.15, -0.1) is 0 Å². The highest BCUT2D eigenvalue weighted by Crippen LogP contribution is 2.34. The third-order valence-electron chi connectivity index (χ3n) is 4.24. The predicted octanol–water partition coefficient (Wildman–Crippen LogP) is 4.19. The fraction of sp³-hybridized carbons (Fsp3) is 0. The minimum atomic E-state index is -1.33. The maximum absolute atomic E-state index is 14.7. The molecule has 0 spiro atoms. The van der Waals surface area contributed by atoms with Crippen LogP contribution >= 0.6 is 0 Å². The minimum absolute atomic E-state index is 0.0105. The van der Waals surface area contributed by atoms with E-state index < -0.39 is 11.9 Å². The van der Waals surface area contributed by atoms with E-state index in [2.05, 4.69) is 10.1 Å². The molecule has 0 aliphatic rings. The number of anilines is 2. The van der Waals surface area contributed by atoms with Crippen molar-refractivity contribution in [1.82, 2.24) is 14.8 Å². The quantitative estimate of drug-likeness (QED) is 0.540. The second-order valence-corrected chi connectivity index (χ2v) is 5.90. The Morgan fingerprint density at radius 2 is 1.96 bits per heavy atom. The number of carbonyl (C=O) groups excluding carboxylic acids is 1. The summed E-state index contributed by atoms with van der Waals surface area (Å²) in [7, 11) is 0. The van der Waals surface area contributed by atoms with Crippen molar-refractivity contribution < 1.29 is 19.1 Å². The van der Waals surface area contributed by atoms with Crippen LogP contribution in [0.3, 0.4) is 0 Å². The second-order valence-electron chi connectivity index (χ2n) is 5.90. The van der Waals surface area contributed by atoms with Gasteiger partial charge in [-0.3, -0.25) is 9.78 Å². The van der Waals surface area contributed by atoms with E-state index in [0.717, 1.165) is 15.0 Å². The Hall–Kier alpha value is -4.07. The minimum Gasteiger partial charge on any atom is -0.464 e. The second kappa shape index (κ2) is 6.92. The number of halogens is 1. The van der Waals surface area contributed by atoms with Gasteiger partial charge in [-0.1, -0.05) is 24.3 Å². The Morgan fingerprint density at radius 1 is 1.14 bits per heavy atom. The Morgan fingerprint density at radius 3 is 2.75 bits per heavy atom. The first-order valence-electron chi connectivity index (χ1n) is 8.26. The summed E-state index contributed by atoms with van der Waals surface area (Å²) in [5.41, 5.74) is 0.888. The number of carboxylic acid groups (broad SMARTS) is 1. The number of aldehydes is 1. The molecular formula is C20H13FN4O3. The van der Waals surface area contributed by atoms with Crippen LogP contribution in [0.4, 0.5) is 20.6 Å². The number of nitrogens with zero attached hydrogens (tertiary/aromatic N) is 4. The van der Waals surface area contributed by atoms with Crippen molar-refractivity contribution >= 4 is 34.7 Å². The van der Waals surface area contributed by atoms with Crippen LogP contribution in [0.2, 0.25) is 0 Å². The smallest absolute Gasteiger partial charge is 0.416 e. The van der Waals surface area contributed by atoms with Crippen LogP contribution in [0.25, 0.3) is 16.6 Å². The zero-order valence-corrected chi connectivity index (χ0v) is 14.4. The van der Waals surface area contributed by atoms with Crippen LogP contribution in [0.5, 0.6) is 0 Å². The summed E-state index contributed by atoms with van der Waals surface area (Å²) < 4.78 is 15.8. The van der Waals surface area contributed by atoms with Crippen LogP contribution in [0, 0.1) is 5.82 Å². The average molecular weight is 376 g/mol. The monoisotopic (exact) mass is 376 g/mol. The molecule has 1 amide bonds. The number of carbonyl (C=O) groups is 2. The molecule has 2 aromatic carbocycles. The zero-order chi connectivity index (χ0) is 19.7. The van der Waals surface area contributed by atoms with Gasteiger partial charge in [-0.2, -0.15) is 5.10 Å². The molecule has 8 heteroatoms. The van der Waals surface area contributed by atoms with E-state index in [1.807, 2.05) is 12.1 Å². The maximum atomic E-state index is 14.7. The summed E-state index contributed by atoms with van der Waals surface area (Å²) in [5, 5.41) is 14.6. The van der Waals surface area contributed by atoms with Crippen molar-refractivity contribution in [3.05, 3.63) is 78.5 Å². The van der Waals surface area contributed by atoms with E-state index in [-0.39, 0.29) is 22.8 Å². The Bertz CT molecular complexity index is 1210. The standard InChI is InChI=1S/C20H13FN4O3/c21-16-5-3-7-18(19(16)25-14(12-26)8-9-23-25)24(20(27)28)15-10-13-4-1-2-6-17(13)22-11-15/h1-12H,(H,27,28). The molecule has 4 aromatic rings. The normalized spacial score (nSPS) is 10.8. The Balaban J connectivity index is 1.95. The first-order chi connectivity index (χ1) is 13.6. The van der Waals surface area contributed by atoms with Crippen LogP contribution < -0.4 is 4.90 Å². The van der Waals surface area contributed by atoms with Crippen molar-refractivity contribution in [3.8, 4) is 5.69 Å². The Kier molecular flexibility index (Phi) is 4.29. The molecule has 0 aliphatic heterocycles. The van der Waals surface area contributed by atoms with Gasteiger partial charge >= 0.3 is 6.09 Å². The Labute approximate surface area is 158 Å². The first-order valence-corrected chi connectivity index (χ1v) is 8.26. The number of benzene rings is 2. The molecule has 0 saturated heterocycles. The number of fused-ring (bicyclic) bond motifs is 1. The predicted molar refractivity (Wildman–Crippen MR) is 101 cm³/mol. The molecule has 0 aliphatic carbocycles. The van der Waals surface area contributed by atoms with Gasteiger partial charge in [0.25, 0.3) is 0 Å². The van der Waals surface area contributed by atoms with Gasteiger partial charge in [0.1, 0.15) is 11.4 Å². The number of hydrogen-bond donors (Lipinski definition) is 1. The largest absolute Gasteiger partial charge is 0.464 e. The average Bonchev–Trinajstić information content (AvgIpc) is 3.16. The van der Waals surface area contributed by atoms with E-state index in [4.69, 9.17) is 0 Å². The number of rotatable bonds is 4. The molecule has 2 aromatic heterocycles. The fourth-order valence-electron chi connectivity index (χ4n) is 3.02. The fourth-order valence-corrected chi connectivity index (χ4v) is 3.02. The van der Waals surface area contributed by atoms with E-state index >= 15 is 0 Å². The van der Waals surface area contributed by atoms with Crippen LogP contribution in [0.15, 0.2) is 67.0 Å². The van der Waals surface area contributed by atoms with Crippen LogP contribution in [-0.2, 0) is 0 Å². The van der Waals surface area contributed by atoms with E-state index in [1.165, 1.54) is 36.7 Å². The molecular weight excluding hydrogens is 363 g/mol. The number of amides is 1. The molecule has 0 atom stereocenters.